The van der Waals surface area contributed by atoms with Crippen molar-refractivity contribution in [3.8, 4) is 0 Å². The van der Waals surface area contributed by atoms with Gasteiger partial charge in [0.25, 0.3) is 0 Å². The highest BCUT2D eigenvalue weighted by Gasteiger charge is 2.11. The summed E-state index contributed by atoms with van der Waals surface area (Å²) in [7, 11) is 1.97. The van der Waals surface area contributed by atoms with E-state index in [1.165, 1.54) is 18.4 Å². The van der Waals surface area contributed by atoms with Gasteiger partial charge >= 0.3 is 0 Å². The van der Waals surface area contributed by atoms with Crippen molar-refractivity contribution in [1.82, 2.24) is 15.1 Å². The SMILES string of the molecule is CCCNC(C)CC(C)c1cnn(C)c1. The van der Waals surface area contributed by atoms with Gasteiger partial charge in [0.1, 0.15) is 0 Å². The van der Waals surface area contributed by atoms with Crippen molar-refractivity contribution < 1.29 is 0 Å². The molecule has 2 atom stereocenters. The smallest absolute Gasteiger partial charge is 0.0524 e. The number of nitrogens with one attached hydrogen (secondary N) is 1. The second-order valence-corrected chi connectivity index (χ2v) is 4.44. The quantitative estimate of drug-likeness (QED) is 0.779. The van der Waals surface area contributed by atoms with Crippen molar-refractivity contribution in [1.29, 1.82) is 0 Å². The van der Waals surface area contributed by atoms with Crippen molar-refractivity contribution in [3.05, 3.63) is 18.0 Å². The topological polar surface area (TPSA) is 29.9 Å². The first-order chi connectivity index (χ1) is 7.13. The molecule has 1 heterocycles. The minimum absolute atomic E-state index is 0.582. The monoisotopic (exact) mass is 209 g/mol. The average molecular weight is 209 g/mol. The first-order valence-corrected chi connectivity index (χ1v) is 5.85. The largest absolute Gasteiger partial charge is 0.314 e. The lowest BCUT2D eigenvalue weighted by atomic mass is 9.97. The zero-order valence-electron chi connectivity index (χ0n) is 10.3. The van der Waals surface area contributed by atoms with E-state index in [4.69, 9.17) is 0 Å². The molecular weight excluding hydrogens is 186 g/mol. The summed E-state index contributed by atoms with van der Waals surface area (Å²) in [5, 5.41) is 7.72. The number of aromatic nitrogens is 2. The molecule has 1 aromatic heterocycles. The Morgan fingerprint density at radius 3 is 2.73 bits per heavy atom. The van der Waals surface area contributed by atoms with Crippen molar-refractivity contribution in [2.45, 2.75) is 45.6 Å². The van der Waals surface area contributed by atoms with E-state index < -0.39 is 0 Å². The fourth-order valence-corrected chi connectivity index (χ4v) is 1.84. The van der Waals surface area contributed by atoms with Gasteiger partial charge in [0, 0.05) is 19.3 Å². The highest BCUT2D eigenvalue weighted by atomic mass is 15.2. The molecule has 3 nitrogen and oxygen atoms in total. The summed E-state index contributed by atoms with van der Waals surface area (Å²) in [4.78, 5) is 0. The Balaban J connectivity index is 2.38. The second kappa shape index (κ2) is 5.91. The summed E-state index contributed by atoms with van der Waals surface area (Å²) in [6, 6.07) is 0.583. The lowest BCUT2D eigenvalue weighted by Gasteiger charge is -2.17. The van der Waals surface area contributed by atoms with Crippen LogP contribution in [0.5, 0.6) is 0 Å². The zero-order chi connectivity index (χ0) is 11.3. The third-order valence-corrected chi connectivity index (χ3v) is 2.74. The van der Waals surface area contributed by atoms with E-state index in [0.29, 0.717) is 12.0 Å². The molecule has 0 saturated heterocycles. The van der Waals surface area contributed by atoms with Gasteiger partial charge in [-0.15, -0.1) is 0 Å². The van der Waals surface area contributed by atoms with Gasteiger partial charge in [-0.2, -0.15) is 5.10 Å². The van der Waals surface area contributed by atoms with Gasteiger partial charge in [-0.3, -0.25) is 4.68 Å². The predicted molar refractivity (Wildman–Crippen MR) is 64.0 cm³/mol. The van der Waals surface area contributed by atoms with Crippen LogP contribution in [0.4, 0.5) is 0 Å². The standard InChI is InChI=1S/C12H23N3/c1-5-6-13-11(3)7-10(2)12-8-14-15(4)9-12/h8-11,13H,5-7H2,1-4H3. The number of nitrogens with zero attached hydrogens (tertiary/aromatic N) is 2. The minimum Gasteiger partial charge on any atom is -0.314 e. The van der Waals surface area contributed by atoms with Gasteiger partial charge in [-0.1, -0.05) is 13.8 Å². The maximum Gasteiger partial charge on any atom is 0.0524 e. The van der Waals surface area contributed by atoms with Crippen molar-refractivity contribution >= 4 is 0 Å². The van der Waals surface area contributed by atoms with E-state index in [1.807, 2.05) is 17.9 Å². The number of rotatable bonds is 6. The highest BCUT2D eigenvalue weighted by Crippen LogP contribution is 2.19. The number of aryl methyl sites for hydroxylation is 1. The Labute approximate surface area is 92.9 Å². The lowest BCUT2D eigenvalue weighted by Crippen LogP contribution is -2.27. The van der Waals surface area contributed by atoms with Crippen LogP contribution in [-0.4, -0.2) is 22.4 Å². The molecular formula is C12H23N3. The molecule has 0 aliphatic carbocycles. The van der Waals surface area contributed by atoms with Gasteiger partial charge < -0.3 is 5.32 Å². The van der Waals surface area contributed by atoms with Gasteiger partial charge in [0.05, 0.1) is 6.20 Å². The molecule has 0 aliphatic heterocycles. The first-order valence-electron chi connectivity index (χ1n) is 5.85. The maximum absolute atomic E-state index is 4.20. The maximum atomic E-state index is 4.20. The lowest BCUT2D eigenvalue weighted by molar-refractivity contribution is 0.479. The third-order valence-electron chi connectivity index (χ3n) is 2.74. The Morgan fingerprint density at radius 1 is 1.47 bits per heavy atom. The zero-order valence-corrected chi connectivity index (χ0v) is 10.3. The molecule has 1 aromatic rings. The Bertz CT molecular complexity index is 280. The summed E-state index contributed by atoms with van der Waals surface area (Å²) >= 11 is 0. The van der Waals surface area contributed by atoms with E-state index in [2.05, 4.69) is 37.4 Å². The summed E-state index contributed by atoms with van der Waals surface area (Å²) in [6.45, 7) is 7.83. The molecule has 2 unspecified atom stereocenters. The van der Waals surface area contributed by atoms with E-state index in [1.54, 1.807) is 0 Å². The molecule has 15 heavy (non-hydrogen) atoms. The molecule has 0 amide bonds. The van der Waals surface area contributed by atoms with Crippen LogP contribution in [0, 0.1) is 0 Å². The molecule has 3 heteroatoms. The summed E-state index contributed by atoms with van der Waals surface area (Å²) in [5.41, 5.74) is 1.34. The first kappa shape index (κ1) is 12.2. The van der Waals surface area contributed by atoms with Crippen molar-refractivity contribution in [3.63, 3.8) is 0 Å². The van der Waals surface area contributed by atoms with Gasteiger partial charge in [0.15, 0.2) is 0 Å². The Hall–Kier alpha value is -0.830. The molecule has 0 saturated carbocycles. The summed E-state index contributed by atoms with van der Waals surface area (Å²) in [5.74, 6) is 0.582. The Kier molecular flexibility index (Phi) is 4.82. The molecule has 0 radical (unpaired) electrons. The molecule has 0 spiro atoms. The van der Waals surface area contributed by atoms with Gasteiger partial charge in [0.2, 0.25) is 0 Å². The van der Waals surface area contributed by atoms with E-state index >= 15 is 0 Å². The van der Waals surface area contributed by atoms with Crippen LogP contribution in [0.15, 0.2) is 12.4 Å². The van der Waals surface area contributed by atoms with Crippen LogP contribution >= 0.6 is 0 Å². The van der Waals surface area contributed by atoms with E-state index in [0.717, 1.165) is 6.54 Å². The highest BCUT2D eigenvalue weighted by molar-refractivity contribution is 5.10. The minimum atomic E-state index is 0.582. The molecule has 0 aromatic carbocycles. The third kappa shape index (κ3) is 4.04. The fraction of sp³-hybridized carbons (Fsp3) is 0.750. The fourth-order valence-electron chi connectivity index (χ4n) is 1.84. The average Bonchev–Trinajstić information content (AvgIpc) is 2.61. The van der Waals surface area contributed by atoms with Crippen molar-refractivity contribution in [2.75, 3.05) is 6.54 Å². The molecule has 86 valence electrons. The van der Waals surface area contributed by atoms with Gasteiger partial charge in [-0.25, -0.2) is 0 Å². The molecule has 1 rings (SSSR count). The summed E-state index contributed by atoms with van der Waals surface area (Å²) < 4.78 is 1.87. The van der Waals surface area contributed by atoms with Crippen LogP contribution in [-0.2, 0) is 7.05 Å². The summed E-state index contributed by atoms with van der Waals surface area (Å²) in [6.07, 6.45) is 6.45. The van der Waals surface area contributed by atoms with E-state index in [9.17, 15) is 0 Å². The van der Waals surface area contributed by atoms with Crippen LogP contribution in [0.1, 0.15) is 45.1 Å². The second-order valence-electron chi connectivity index (χ2n) is 4.44. The molecule has 0 fully saturated rings. The van der Waals surface area contributed by atoms with Gasteiger partial charge in [-0.05, 0) is 37.8 Å². The van der Waals surface area contributed by atoms with Crippen LogP contribution in [0.25, 0.3) is 0 Å². The molecule has 1 N–H and O–H groups in total. The molecule has 0 bridgehead atoms. The van der Waals surface area contributed by atoms with Crippen molar-refractivity contribution in [2.24, 2.45) is 7.05 Å². The predicted octanol–water partition coefficient (Wildman–Crippen LogP) is 2.30. The number of hydrogen-bond acceptors (Lipinski definition) is 2. The Morgan fingerprint density at radius 2 is 2.20 bits per heavy atom. The van der Waals surface area contributed by atoms with Crippen LogP contribution in [0.2, 0.25) is 0 Å². The number of hydrogen-bond donors (Lipinski definition) is 1. The normalized spacial score (nSPS) is 15.2. The van der Waals surface area contributed by atoms with E-state index in [-0.39, 0.29) is 0 Å². The molecule has 0 aliphatic rings. The van der Waals surface area contributed by atoms with Crippen LogP contribution in [0.3, 0.4) is 0 Å². The van der Waals surface area contributed by atoms with Crippen LogP contribution < -0.4 is 5.32 Å².